The molecule has 2 amide bonds. The van der Waals surface area contributed by atoms with Crippen molar-refractivity contribution in [1.82, 2.24) is 10.6 Å². The fraction of sp³-hybridized carbons (Fsp3) is 0.600. The molecule has 7 nitrogen and oxygen atoms in total. The van der Waals surface area contributed by atoms with Crippen LogP contribution in [0.2, 0.25) is 0 Å². The van der Waals surface area contributed by atoms with Crippen LogP contribution in [0.1, 0.15) is 37.7 Å². The van der Waals surface area contributed by atoms with Gasteiger partial charge in [-0.15, -0.1) is 0 Å². The first-order valence-corrected chi connectivity index (χ1v) is 9.67. The Balaban J connectivity index is 1.98. The number of hydrogen-bond donors (Lipinski definition) is 5. The van der Waals surface area contributed by atoms with Crippen LogP contribution in [0.15, 0.2) is 30.3 Å². The molecule has 1 aromatic rings. The Labute approximate surface area is 160 Å². The topological polar surface area (TPSA) is 125 Å². The van der Waals surface area contributed by atoms with Gasteiger partial charge < -0.3 is 26.6 Å². The molecule has 150 valence electrons. The summed E-state index contributed by atoms with van der Waals surface area (Å²) in [6.07, 6.45) is 4.65. The molecular formula is C20H31N3O4. The lowest BCUT2D eigenvalue weighted by molar-refractivity contribution is -0.132. The van der Waals surface area contributed by atoms with Gasteiger partial charge in [0.05, 0.1) is 12.6 Å². The van der Waals surface area contributed by atoms with E-state index in [2.05, 4.69) is 10.6 Å². The minimum Gasteiger partial charge on any atom is -0.394 e. The summed E-state index contributed by atoms with van der Waals surface area (Å²) in [6, 6.07) is 7.36. The molecule has 2 rings (SSSR count). The maximum absolute atomic E-state index is 12.4. The number of hydrogen-bond acceptors (Lipinski definition) is 5. The first kappa shape index (κ1) is 21.3. The Morgan fingerprint density at radius 1 is 1.11 bits per heavy atom. The van der Waals surface area contributed by atoms with E-state index in [1.807, 2.05) is 30.3 Å². The Hall–Kier alpha value is -1.96. The van der Waals surface area contributed by atoms with Crippen LogP contribution in [0, 0.1) is 5.92 Å². The molecular weight excluding hydrogens is 346 g/mol. The summed E-state index contributed by atoms with van der Waals surface area (Å²) in [7, 11) is 0. The molecule has 1 aromatic carbocycles. The molecule has 0 unspecified atom stereocenters. The van der Waals surface area contributed by atoms with Gasteiger partial charge in [0.2, 0.25) is 5.91 Å². The lowest BCUT2D eigenvalue weighted by Crippen LogP contribution is -2.55. The number of carbonyl (C=O) groups excluding carboxylic acids is 2. The zero-order valence-electron chi connectivity index (χ0n) is 15.6. The van der Waals surface area contributed by atoms with Gasteiger partial charge in [-0.3, -0.25) is 9.59 Å². The number of benzene rings is 1. The van der Waals surface area contributed by atoms with Gasteiger partial charge in [0, 0.05) is 6.54 Å². The lowest BCUT2D eigenvalue weighted by atomic mass is 9.89. The molecule has 0 aliphatic heterocycles. The second-order valence-corrected chi connectivity index (χ2v) is 7.29. The molecule has 0 radical (unpaired) electrons. The molecule has 1 aliphatic rings. The van der Waals surface area contributed by atoms with Crippen LogP contribution in [0.4, 0.5) is 0 Å². The van der Waals surface area contributed by atoms with E-state index in [0.717, 1.165) is 18.4 Å². The van der Waals surface area contributed by atoms with E-state index in [0.29, 0.717) is 12.5 Å². The zero-order chi connectivity index (χ0) is 19.6. The lowest BCUT2D eigenvalue weighted by Gasteiger charge is -2.26. The van der Waals surface area contributed by atoms with Crippen LogP contribution in [0.5, 0.6) is 0 Å². The van der Waals surface area contributed by atoms with Crippen molar-refractivity contribution in [2.75, 3.05) is 13.2 Å². The third-order valence-corrected chi connectivity index (χ3v) is 5.10. The number of nitrogens with one attached hydrogen (secondary N) is 2. The second kappa shape index (κ2) is 11.0. The van der Waals surface area contributed by atoms with Crippen LogP contribution < -0.4 is 16.4 Å². The maximum Gasteiger partial charge on any atom is 0.251 e. The van der Waals surface area contributed by atoms with Gasteiger partial charge in [0.25, 0.3) is 5.91 Å². The van der Waals surface area contributed by atoms with E-state index >= 15 is 0 Å². The highest BCUT2D eigenvalue weighted by Crippen LogP contribution is 2.22. The van der Waals surface area contributed by atoms with E-state index in [-0.39, 0.29) is 6.42 Å². The van der Waals surface area contributed by atoms with Crippen molar-refractivity contribution < 1.29 is 19.8 Å². The summed E-state index contributed by atoms with van der Waals surface area (Å²) in [5, 5.41) is 25.0. The Morgan fingerprint density at radius 2 is 1.78 bits per heavy atom. The number of aliphatic hydroxyl groups is 2. The van der Waals surface area contributed by atoms with Crippen LogP contribution in [0.25, 0.3) is 0 Å². The molecule has 0 aromatic heterocycles. The van der Waals surface area contributed by atoms with Crippen LogP contribution in [0.3, 0.4) is 0 Å². The molecule has 1 fully saturated rings. The largest absolute Gasteiger partial charge is 0.394 e. The van der Waals surface area contributed by atoms with Gasteiger partial charge >= 0.3 is 0 Å². The number of nitrogens with two attached hydrogens (primary N) is 1. The summed E-state index contributed by atoms with van der Waals surface area (Å²) >= 11 is 0. The first-order chi connectivity index (χ1) is 13.0. The third-order valence-electron chi connectivity index (χ3n) is 5.10. The normalized spacial score (nSPS) is 18.3. The molecule has 0 heterocycles. The average Bonchev–Trinajstić information content (AvgIpc) is 2.71. The SMILES string of the molecule is N[C@@H](CO)C(=O)N[C@@H](Cc1ccccc1)[C@@H](O)C(=O)NCC1CCCCC1. The van der Waals surface area contributed by atoms with Gasteiger partial charge in [-0.25, -0.2) is 0 Å². The molecule has 6 N–H and O–H groups in total. The van der Waals surface area contributed by atoms with Gasteiger partial charge in [-0.1, -0.05) is 49.6 Å². The molecule has 7 heteroatoms. The summed E-state index contributed by atoms with van der Waals surface area (Å²) in [5.74, 6) is -0.656. The van der Waals surface area contributed by atoms with Crippen LogP contribution in [-0.2, 0) is 16.0 Å². The van der Waals surface area contributed by atoms with Gasteiger partial charge in [-0.2, -0.15) is 0 Å². The Bertz CT molecular complexity index is 590. The van der Waals surface area contributed by atoms with E-state index in [9.17, 15) is 14.7 Å². The fourth-order valence-electron chi connectivity index (χ4n) is 3.41. The molecule has 3 atom stereocenters. The minimum absolute atomic E-state index is 0.280. The number of amides is 2. The number of rotatable bonds is 9. The van der Waals surface area contributed by atoms with Crippen molar-refractivity contribution >= 4 is 11.8 Å². The minimum atomic E-state index is -1.40. The maximum atomic E-state index is 12.4. The van der Waals surface area contributed by atoms with Gasteiger partial charge in [0.1, 0.15) is 6.04 Å². The smallest absolute Gasteiger partial charge is 0.251 e. The van der Waals surface area contributed by atoms with E-state index < -0.39 is 36.6 Å². The average molecular weight is 377 g/mol. The molecule has 1 aliphatic carbocycles. The Morgan fingerprint density at radius 3 is 2.41 bits per heavy atom. The molecule has 0 saturated heterocycles. The summed E-state index contributed by atoms with van der Waals surface area (Å²) in [4.78, 5) is 24.5. The molecule has 1 saturated carbocycles. The van der Waals surface area contributed by atoms with Crippen LogP contribution in [-0.4, -0.2) is 53.4 Å². The highest BCUT2D eigenvalue weighted by Gasteiger charge is 2.29. The first-order valence-electron chi connectivity index (χ1n) is 9.67. The Kier molecular flexibility index (Phi) is 8.71. The van der Waals surface area contributed by atoms with Crippen molar-refractivity contribution in [3.8, 4) is 0 Å². The summed E-state index contributed by atoms with van der Waals surface area (Å²) in [6.45, 7) is 0.0336. The van der Waals surface area contributed by atoms with E-state index in [4.69, 9.17) is 10.8 Å². The second-order valence-electron chi connectivity index (χ2n) is 7.29. The van der Waals surface area contributed by atoms with Crippen molar-refractivity contribution in [2.24, 2.45) is 11.7 Å². The summed E-state index contributed by atoms with van der Waals surface area (Å²) < 4.78 is 0. The van der Waals surface area contributed by atoms with Crippen LogP contribution >= 0.6 is 0 Å². The molecule has 27 heavy (non-hydrogen) atoms. The number of aliphatic hydroxyl groups excluding tert-OH is 2. The number of carbonyl (C=O) groups is 2. The predicted molar refractivity (Wildman–Crippen MR) is 103 cm³/mol. The summed E-state index contributed by atoms with van der Waals surface area (Å²) in [5.41, 5.74) is 6.42. The van der Waals surface area contributed by atoms with Gasteiger partial charge in [-0.05, 0) is 30.7 Å². The monoisotopic (exact) mass is 377 g/mol. The zero-order valence-corrected chi connectivity index (χ0v) is 15.6. The quantitative estimate of drug-likeness (QED) is 0.417. The van der Waals surface area contributed by atoms with Crippen molar-refractivity contribution in [1.29, 1.82) is 0 Å². The third kappa shape index (κ3) is 6.93. The molecule has 0 spiro atoms. The standard InChI is InChI=1S/C20H31N3O4/c21-16(13-24)19(26)23-17(11-14-7-3-1-4-8-14)18(25)20(27)22-12-15-9-5-2-6-10-15/h1,3-4,7-8,15-18,24-25H,2,5-6,9-13,21H2,(H,22,27)(H,23,26)/t16-,17-,18+/m0/s1. The molecule has 0 bridgehead atoms. The van der Waals surface area contributed by atoms with Gasteiger partial charge in [0.15, 0.2) is 6.10 Å². The van der Waals surface area contributed by atoms with Crippen molar-refractivity contribution in [2.45, 2.75) is 56.7 Å². The highest BCUT2D eigenvalue weighted by atomic mass is 16.3. The van der Waals surface area contributed by atoms with E-state index in [1.165, 1.54) is 19.3 Å². The fourth-order valence-corrected chi connectivity index (χ4v) is 3.41. The van der Waals surface area contributed by atoms with Crippen molar-refractivity contribution in [3.05, 3.63) is 35.9 Å². The van der Waals surface area contributed by atoms with Crippen molar-refractivity contribution in [3.63, 3.8) is 0 Å². The highest BCUT2D eigenvalue weighted by molar-refractivity contribution is 5.85. The predicted octanol–water partition coefficient (Wildman–Crippen LogP) is 0.0909. The van der Waals surface area contributed by atoms with E-state index in [1.54, 1.807) is 0 Å².